The van der Waals surface area contributed by atoms with Gasteiger partial charge in [0.2, 0.25) is 5.95 Å². The van der Waals surface area contributed by atoms with Gasteiger partial charge in [0, 0.05) is 52.7 Å². The van der Waals surface area contributed by atoms with Crippen molar-refractivity contribution in [1.82, 2.24) is 18.9 Å². The van der Waals surface area contributed by atoms with Crippen LogP contribution in [0.4, 0.5) is 0 Å². The summed E-state index contributed by atoms with van der Waals surface area (Å²) in [6.45, 7) is 0. The molecule has 8 aromatic carbocycles. The molecule has 0 atom stereocenters. The van der Waals surface area contributed by atoms with Crippen molar-refractivity contribution in [1.29, 1.82) is 0 Å². The van der Waals surface area contributed by atoms with E-state index in [9.17, 15) is 0 Å². The Morgan fingerprint density at radius 2 is 1.15 bits per heavy atom. The first-order valence-corrected chi connectivity index (χ1v) is 18.8. The van der Waals surface area contributed by atoms with Gasteiger partial charge in [-0.05, 0) is 70.4 Å². The minimum absolute atomic E-state index is 0.676. The number of para-hydroxylation sites is 1. The van der Waals surface area contributed by atoms with Crippen molar-refractivity contribution in [2.24, 2.45) is 0 Å². The number of benzene rings is 8. The van der Waals surface area contributed by atoms with Gasteiger partial charge >= 0.3 is 0 Å². The van der Waals surface area contributed by atoms with Crippen molar-refractivity contribution in [3.63, 3.8) is 0 Å². The monoisotopic (exact) mass is 690 g/mol. The molecule has 0 spiro atoms. The molecule has 244 valence electrons. The van der Waals surface area contributed by atoms with Crippen LogP contribution in [0.3, 0.4) is 0 Å². The molecule has 0 saturated heterocycles. The van der Waals surface area contributed by atoms with Gasteiger partial charge in [0.25, 0.3) is 0 Å². The van der Waals surface area contributed by atoms with Crippen molar-refractivity contribution in [3.05, 3.63) is 158 Å². The molecule has 13 aromatic rings. The Morgan fingerprint density at radius 1 is 0.415 bits per heavy atom. The van der Waals surface area contributed by atoms with Gasteiger partial charge < -0.3 is 4.40 Å². The highest BCUT2D eigenvalue weighted by atomic mass is 32.1. The van der Waals surface area contributed by atoms with Crippen LogP contribution in [0, 0.1) is 0 Å². The predicted molar refractivity (Wildman–Crippen MR) is 223 cm³/mol. The summed E-state index contributed by atoms with van der Waals surface area (Å²) in [7, 11) is 0. The van der Waals surface area contributed by atoms with Crippen molar-refractivity contribution in [3.8, 4) is 28.3 Å². The molecule has 0 N–H and O–H groups in total. The third-order valence-electron chi connectivity index (χ3n) is 11.4. The van der Waals surface area contributed by atoms with Gasteiger partial charge in [0.1, 0.15) is 0 Å². The van der Waals surface area contributed by atoms with Crippen LogP contribution in [0.2, 0.25) is 0 Å². The lowest BCUT2D eigenvalue weighted by Crippen LogP contribution is -2.04. The quantitative estimate of drug-likeness (QED) is 0.173. The predicted octanol–water partition coefficient (Wildman–Crippen LogP) is 13.0. The van der Waals surface area contributed by atoms with E-state index in [-0.39, 0.29) is 0 Å². The van der Waals surface area contributed by atoms with E-state index >= 15 is 0 Å². The molecule has 5 heterocycles. The largest absolute Gasteiger partial charge is 0.308 e. The maximum absolute atomic E-state index is 5.61. The van der Waals surface area contributed by atoms with Gasteiger partial charge in [0.05, 0.1) is 38.8 Å². The normalized spacial score (nSPS) is 12.5. The minimum Gasteiger partial charge on any atom is -0.308 e. The zero-order valence-electron chi connectivity index (χ0n) is 28.2. The number of fused-ring (bicyclic) bond motifs is 7. The second-order valence-electron chi connectivity index (χ2n) is 14.1. The molecule has 5 aromatic heterocycles. The lowest BCUT2D eigenvalue weighted by atomic mass is 9.97. The zero-order valence-corrected chi connectivity index (χ0v) is 29.0. The lowest BCUT2D eigenvalue weighted by Gasteiger charge is -2.14. The standard InChI is InChI=1S/C48H26N4S/c1-2-10-27(11-3-1)29-13-8-14-30(26-29)46-41-31-15-5-4-12-28(31)20-22-34(41)49-48(50-46)52-37-24-25-40-45-42-36(18-9-19-39(42)53-40)51-35-17-7-6-16-32(35)33-21-23-38(52)44(43(37)45)47(33)51/h1-26H. The van der Waals surface area contributed by atoms with Crippen molar-refractivity contribution in [2.75, 3.05) is 0 Å². The van der Waals surface area contributed by atoms with E-state index in [1.807, 2.05) is 11.3 Å². The fourth-order valence-electron chi connectivity index (χ4n) is 9.26. The highest BCUT2D eigenvalue weighted by Crippen LogP contribution is 2.50. The molecule has 13 rings (SSSR count). The van der Waals surface area contributed by atoms with Gasteiger partial charge in [-0.15, -0.1) is 11.3 Å². The number of rotatable bonds is 3. The molecular weight excluding hydrogens is 665 g/mol. The van der Waals surface area contributed by atoms with E-state index in [1.54, 1.807) is 0 Å². The average Bonchev–Trinajstić information content (AvgIpc) is 3.85. The van der Waals surface area contributed by atoms with E-state index in [0.717, 1.165) is 44.1 Å². The van der Waals surface area contributed by atoms with Gasteiger partial charge in [-0.2, -0.15) is 0 Å². The lowest BCUT2D eigenvalue weighted by molar-refractivity contribution is 1.01. The number of nitrogens with zero attached hydrogens (tertiary/aromatic N) is 4. The second kappa shape index (κ2) is 9.94. The third-order valence-corrected chi connectivity index (χ3v) is 12.5. The van der Waals surface area contributed by atoms with E-state index in [4.69, 9.17) is 9.97 Å². The molecule has 4 nitrogen and oxygen atoms in total. The van der Waals surface area contributed by atoms with Crippen LogP contribution in [-0.4, -0.2) is 18.9 Å². The number of hydrogen-bond donors (Lipinski definition) is 0. The number of thiophene rings is 1. The van der Waals surface area contributed by atoms with Crippen LogP contribution in [0.5, 0.6) is 0 Å². The molecule has 0 aliphatic heterocycles. The summed E-state index contributed by atoms with van der Waals surface area (Å²) in [4.78, 5) is 11.1. The molecule has 5 heteroatoms. The molecule has 0 aliphatic carbocycles. The Hall–Kier alpha value is -6.82. The van der Waals surface area contributed by atoms with E-state index in [0.29, 0.717) is 5.95 Å². The summed E-state index contributed by atoms with van der Waals surface area (Å²) in [6.07, 6.45) is 0. The Labute approximate surface area is 306 Å². The van der Waals surface area contributed by atoms with Crippen LogP contribution in [0.1, 0.15) is 0 Å². The first-order valence-electron chi connectivity index (χ1n) is 18.0. The summed E-state index contributed by atoms with van der Waals surface area (Å²) in [5.41, 5.74) is 11.2. The smallest absolute Gasteiger partial charge is 0.235 e. The van der Waals surface area contributed by atoms with Crippen LogP contribution < -0.4 is 0 Å². The van der Waals surface area contributed by atoms with E-state index in [2.05, 4.69) is 167 Å². The van der Waals surface area contributed by atoms with Crippen molar-refractivity contribution >= 4 is 102 Å². The Balaban J connectivity index is 1.21. The Bertz CT molecular complexity index is 3620. The topological polar surface area (TPSA) is 35.1 Å². The maximum Gasteiger partial charge on any atom is 0.235 e. The molecule has 0 aliphatic rings. The summed E-state index contributed by atoms with van der Waals surface area (Å²) in [5.74, 6) is 0.676. The van der Waals surface area contributed by atoms with E-state index in [1.165, 1.54) is 69.2 Å². The summed E-state index contributed by atoms with van der Waals surface area (Å²) < 4.78 is 7.44. The van der Waals surface area contributed by atoms with Gasteiger partial charge in [-0.1, -0.05) is 109 Å². The molecule has 53 heavy (non-hydrogen) atoms. The minimum atomic E-state index is 0.676. The highest BCUT2D eigenvalue weighted by Gasteiger charge is 2.27. The molecule has 0 unspecified atom stereocenters. The highest BCUT2D eigenvalue weighted by molar-refractivity contribution is 7.26. The van der Waals surface area contributed by atoms with Crippen LogP contribution in [0.25, 0.3) is 119 Å². The van der Waals surface area contributed by atoms with Crippen LogP contribution in [0.15, 0.2) is 158 Å². The van der Waals surface area contributed by atoms with Crippen molar-refractivity contribution < 1.29 is 0 Å². The van der Waals surface area contributed by atoms with E-state index < -0.39 is 0 Å². The van der Waals surface area contributed by atoms with Crippen LogP contribution >= 0.6 is 11.3 Å². The van der Waals surface area contributed by atoms with Crippen LogP contribution in [-0.2, 0) is 0 Å². The molecular formula is C48H26N4S. The summed E-state index contributed by atoms with van der Waals surface area (Å²) in [5, 5.41) is 11.1. The summed E-state index contributed by atoms with van der Waals surface area (Å²) >= 11 is 1.88. The molecule has 0 saturated carbocycles. The number of aromatic nitrogens is 4. The van der Waals surface area contributed by atoms with Gasteiger partial charge in [0.15, 0.2) is 0 Å². The molecule has 0 fully saturated rings. The molecule has 0 radical (unpaired) electrons. The fraction of sp³-hybridized carbons (Fsp3) is 0. The molecule has 0 amide bonds. The van der Waals surface area contributed by atoms with Gasteiger partial charge in [-0.3, -0.25) is 4.57 Å². The van der Waals surface area contributed by atoms with Crippen molar-refractivity contribution in [2.45, 2.75) is 0 Å². The maximum atomic E-state index is 5.61. The SMILES string of the molecule is c1ccc(-c2cccc(-c3nc(-n4c5ccc6sc7cccc8c7c6c5c5c4ccc4c6ccccc6n8c45)nc4ccc5ccccc5c34)c2)cc1. The first-order chi connectivity index (χ1) is 26.3. The Morgan fingerprint density at radius 3 is 2.09 bits per heavy atom. The number of hydrogen-bond acceptors (Lipinski definition) is 3. The third kappa shape index (κ3) is 3.54. The van der Waals surface area contributed by atoms with Gasteiger partial charge in [-0.25, -0.2) is 9.97 Å². The summed E-state index contributed by atoms with van der Waals surface area (Å²) in [6, 6.07) is 57.1. The fourth-order valence-corrected chi connectivity index (χ4v) is 10.4. The average molecular weight is 691 g/mol. The first kappa shape index (κ1) is 27.8. The Kier molecular flexibility index (Phi) is 5.22. The zero-order chi connectivity index (χ0) is 34.4. The molecule has 0 bridgehead atoms. The second-order valence-corrected chi connectivity index (χ2v) is 15.2.